The first-order valence-corrected chi connectivity index (χ1v) is 8.04. The van der Waals surface area contributed by atoms with Crippen molar-refractivity contribution in [3.8, 4) is 0 Å². The number of benzene rings is 1. The summed E-state index contributed by atoms with van der Waals surface area (Å²) < 4.78 is 5.26. The lowest BCUT2D eigenvalue weighted by atomic mass is 10.0. The summed E-state index contributed by atoms with van der Waals surface area (Å²) in [7, 11) is 0. The third-order valence-corrected chi connectivity index (χ3v) is 3.51. The van der Waals surface area contributed by atoms with Gasteiger partial charge in [-0.15, -0.1) is 0 Å². The lowest BCUT2D eigenvalue weighted by molar-refractivity contribution is 0.0522. The van der Waals surface area contributed by atoms with Gasteiger partial charge in [0.15, 0.2) is 0 Å². The molecule has 4 nitrogen and oxygen atoms in total. The second kappa shape index (κ2) is 8.39. The summed E-state index contributed by atoms with van der Waals surface area (Å²) in [6.45, 7) is 11.0. The fraction of sp³-hybridized carbons (Fsp3) is 0.588. The van der Waals surface area contributed by atoms with Crippen molar-refractivity contribution in [3.05, 3.63) is 34.3 Å². The van der Waals surface area contributed by atoms with E-state index in [1.807, 2.05) is 46.8 Å². The van der Waals surface area contributed by atoms with Gasteiger partial charge in [0.05, 0.1) is 0 Å². The van der Waals surface area contributed by atoms with Gasteiger partial charge in [-0.05, 0) is 57.9 Å². The minimum atomic E-state index is -0.481. The highest BCUT2D eigenvalue weighted by atomic mass is 35.5. The smallest absolute Gasteiger partial charge is 0.407 e. The van der Waals surface area contributed by atoms with Crippen LogP contribution in [-0.4, -0.2) is 30.8 Å². The third-order valence-electron chi connectivity index (χ3n) is 3.09. The average molecular weight is 327 g/mol. The minimum Gasteiger partial charge on any atom is -0.444 e. The van der Waals surface area contributed by atoms with Crippen molar-refractivity contribution >= 4 is 17.7 Å². The first kappa shape index (κ1) is 18.8. The zero-order valence-corrected chi connectivity index (χ0v) is 14.9. The molecule has 0 aliphatic carbocycles. The van der Waals surface area contributed by atoms with E-state index >= 15 is 0 Å². The maximum Gasteiger partial charge on any atom is 0.407 e. The number of nitrogens with one attached hydrogen (secondary N) is 2. The number of halogens is 1. The summed E-state index contributed by atoms with van der Waals surface area (Å²) in [4.78, 5) is 11.7. The summed E-state index contributed by atoms with van der Waals surface area (Å²) in [5.74, 6) is 0. The Hall–Kier alpha value is -1.26. The Bertz CT molecular complexity index is 498. The molecular weight excluding hydrogens is 300 g/mol. The molecule has 0 saturated heterocycles. The zero-order valence-electron chi connectivity index (χ0n) is 14.1. The molecule has 0 saturated carbocycles. The van der Waals surface area contributed by atoms with E-state index in [0.717, 1.165) is 23.6 Å². The standard InChI is InChI=1S/C17H27ClN2O2/c1-6-19-14(11-20-16(21)22-17(3,4)5)10-13-7-8-15(18)12(2)9-13/h7-9,14,19H,6,10-11H2,1-5H3,(H,20,21). The molecule has 0 fully saturated rings. The van der Waals surface area contributed by atoms with Gasteiger partial charge >= 0.3 is 6.09 Å². The van der Waals surface area contributed by atoms with E-state index in [0.29, 0.717) is 6.54 Å². The Morgan fingerprint density at radius 1 is 1.36 bits per heavy atom. The molecular formula is C17H27ClN2O2. The van der Waals surface area contributed by atoms with E-state index in [4.69, 9.17) is 16.3 Å². The monoisotopic (exact) mass is 326 g/mol. The van der Waals surface area contributed by atoms with Crippen LogP contribution >= 0.6 is 11.6 Å². The van der Waals surface area contributed by atoms with Crippen LogP contribution in [0.1, 0.15) is 38.8 Å². The summed E-state index contributed by atoms with van der Waals surface area (Å²) in [6.07, 6.45) is 0.435. The Morgan fingerprint density at radius 3 is 2.59 bits per heavy atom. The van der Waals surface area contributed by atoms with Gasteiger partial charge in [0.1, 0.15) is 5.60 Å². The molecule has 0 radical (unpaired) electrons. The number of likely N-dealkylation sites (N-methyl/N-ethyl adjacent to an activating group) is 1. The molecule has 22 heavy (non-hydrogen) atoms. The highest BCUT2D eigenvalue weighted by Gasteiger charge is 2.17. The fourth-order valence-electron chi connectivity index (χ4n) is 2.14. The molecule has 2 N–H and O–H groups in total. The predicted octanol–water partition coefficient (Wildman–Crippen LogP) is 3.69. The summed E-state index contributed by atoms with van der Waals surface area (Å²) in [6, 6.07) is 6.17. The van der Waals surface area contributed by atoms with Crippen molar-refractivity contribution in [1.29, 1.82) is 0 Å². The van der Waals surface area contributed by atoms with E-state index < -0.39 is 5.60 Å². The number of rotatable bonds is 6. The largest absolute Gasteiger partial charge is 0.444 e. The van der Waals surface area contributed by atoms with Gasteiger partial charge in [0.25, 0.3) is 0 Å². The lowest BCUT2D eigenvalue weighted by Crippen LogP contribution is -2.43. The number of carbonyl (C=O) groups excluding carboxylic acids is 1. The predicted molar refractivity (Wildman–Crippen MR) is 91.6 cm³/mol. The topological polar surface area (TPSA) is 50.4 Å². The van der Waals surface area contributed by atoms with Crippen LogP contribution in [0.4, 0.5) is 4.79 Å². The van der Waals surface area contributed by atoms with E-state index in [-0.39, 0.29) is 12.1 Å². The number of ether oxygens (including phenoxy) is 1. The van der Waals surface area contributed by atoms with Gasteiger partial charge in [-0.1, -0.05) is 30.7 Å². The van der Waals surface area contributed by atoms with Crippen LogP contribution in [-0.2, 0) is 11.2 Å². The molecule has 5 heteroatoms. The van der Waals surface area contributed by atoms with E-state index in [2.05, 4.69) is 16.7 Å². The van der Waals surface area contributed by atoms with Crippen LogP contribution in [0, 0.1) is 6.92 Å². The Labute approximate surface area is 138 Å². The van der Waals surface area contributed by atoms with Gasteiger partial charge < -0.3 is 15.4 Å². The normalized spacial score (nSPS) is 12.8. The van der Waals surface area contributed by atoms with Crippen LogP contribution in [0.25, 0.3) is 0 Å². The summed E-state index contributed by atoms with van der Waals surface area (Å²) >= 11 is 6.05. The van der Waals surface area contributed by atoms with E-state index in [1.165, 1.54) is 5.56 Å². The van der Waals surface area contributed by atoms with Crippen LogP contribution in [0.15, 0.2) is 18.2 Å². The van der Waals surface area contributed by atoms with Crippen LogP contribution in [0.2, 0.25) is 5.02 Å². The molecule has 1 amide bonds. The Kier molecular flexibility index (Phi) is 7.17. The van der Waals surface area contributed by atoms with E-state index in [1.54, 1.807) is 0 Å². The lowest BCUT2D eigenvalue weighted by Gasteiger charge is -2.22. The van der Waals surface area contributed by atoms with Crippen molar-refractivity contribution in [3.63, 3.8) is 0 Å². The SMILES string of the molecule is CCNC(CNC(=O)OC(C)(C)C)Cc1ccc(Cl)c(C)c1. The Balaban J connectivity index is 2.58. The molecule has 124 valence electrons. The maximum absolute atomic E-state index is 11.7. The summed E-state index contributed by atoms with van der Waals surface area (Å²) in [5, 5.41) is 6.97. The summed E-state index contributed by atoms with van der Waals surface area (Å²) in [5.41, 5.74) is 1.78. The Morgan fingerprint density at radius 2 is 2.05 bits per heavy atom. The number of hydrogen-bond acceptors (Lipinski definition) is 3. The van der Waals surface area contributed by atoms with Gasteiger partial charge in [0, 0.05) is 17.6 Å². The first-order valence-electron chi connectivity index (χ1n) is 7.66. The van der Waals surface area contributed by atoms with Crippen molar-refractivity contribution in [2.24, 2.45) is 0 Å². The molecule has 1 atom stereocenters. The minimum absolute atomic E-state index is 0.151. The van der Waals surface area contributed by atoms with Crippen molar-refractivity contribution in [1.82, 2.24) is 10.6 Å². The van der Waals surface area contributed by atoms with Gasteiger partial charge in [0.2, 0.25) is 0 Å². The third kappa shape index (κ3) is 7.14. The molecule has 0 bridgehead atoms. The average Bonchev–Trinajstić information content (AvgIpc) is 2.38. The highest BCUT2D eigenvalue weighted by molar-refractivity contribution is 6.31. The number of aryl methyl sites for hydroxylation is 1. The number of amides is 1. The molecule has 0 aliphatic rings. The van der Waals surface area contributed by atoms with Gasteiger partial charge in [-0.2, -0.15) is 0 Å². The van der Waals surface area contributed by atoms with Crippen molar-refractivity contribution < 1.29 is 9.53 Å². The molecule has 0 aliphatic heterocycles. The first-order chi connectivity index (χ1) is 10.2. The quantitative estimate of drug-likeness (QED) is 0.838. The van der Waals surface area contributed by atoms with Gasteiger partial charge in [-0.3, -0.25) is 0 Å². The number of carbonyl (C=O) groups is 1. The van der Waals surface area contributed by atoms with Crippen molar-refractivity contribution in [2.45, 2.75) is 52.7 Å². The van der Waals surface area contributed by atoms with E-state index in [9.17, 15) is 4.79 Å². The maximum atomic E-state index is 11.7. The number of alkyl carbamates (subject to hydrolysis) is 1. The molecule has 0 spiro atoms. The van der Waals surface area contributed by atoms with Crippen LogP contribution in [0.5, 0.6) is 0 Å². The molecule has 0 aromatic heterocycles. The molecule has 1 aromatic rings. The number of hydrogen-bond donors (Lipinski definition) is 2. The van der Waals surface area contributed by atoms with Gasteiger partial charge in [-0.25, -0.2) is 4.79 Å². The molecule has 1 rings (SSSR count). The zero-order chi connectivity index (χ0) is 16.8. The van der Waals surface area contributed by atoms with Crippen LogP contribution < -0.4 is 10.6 Å². The fourth-order valence-corrected chi connectivity index (χ4v) is 2.26. The van der Waals surface area contributed by atoms with Crippen molar-refractivity contribution in [2.75, 3.05) is 13.1 Å². The highest BCUT2D eigenvalue weighted by Crippen LogP contribution is 2.17. The molecule has 0 heterocycles. The molecule has 1 unspecified atom stereocenters. The molecule has 1 aromatic carbocycles. The van der Waals surface area contributed by atoms with Crippen LogP contribution in [0.3, 0.4) is 0 Å². The second-order valence-electron chi connectivity index (χ2n) is 6.43. The second-order valence-corrected chi connectivity index (χ2v) is 6.83.